The Morgan fingerprint density at radius 1 is 0.861 bits per heavy atom. The Morgan fingerprint density at radius 3 is 2.22 bits per heavy atom. The van der Waals surface area contributed by atoms with Gasteiger partial charge in [-0.3, -0.25) is 0 Å². The first-order chi connectivity index (χ1) is 17.7. The molecule has 0 spiro atoms. The zero-order valence-corrected chi connectivity index (χ0v) is 19.6. The van der Waals surface area contributed by atoms with Crippen molar-refractivity contribution < 1.29 is 42.7 Å². The Hall–Kier alpha value is -4.11. The van der Waals surface area contributed by atoms with Gasteiger partial charge in [-0.2, -0.15) is 0 Å². The summed E-state index contributed by atoms with van der Waals surface area (Å²) >= 11 is 0. The van der Waals surface area contributed by atoms with Crippen LogP contribution >= 0.6 is 0 Å². The lowest BCUT2D eigenvalue weighted by Gasteiger charge is -2.26. The molecular formula is C27H22O9. The molecule has 0 aromatic heterocycles. The summed E-state index contributed by atoms with van der Waals surface area (Å²) in [5.41, 5.74) is 3.49. The summed E-state index contributed by atoms with van der Waals surface area (Å²) in [4.78, 5) is 13.2. The Bertz CT molecular complexity index is 1380. The second kappa shape index (κ2) is 7.96. The van der Waals surface area contributed by atoms with E-state index in [2.05, 4.69) is 0 Å². The van der Waals surface area contributed by atoms with Gasteiger partial charge in [-0.25, -0.2) is 4.79 Å². The van der Waals surface area contributed by atoms with Crippen LogP contribution in [0.3, 0.4) is 0 Å². The highest BCUT2D eigenvalue weighted by Gasteiger charge is 2.52. The van der Waals surface area contributed by atoms with Crippen LogP contribution in [0.5, 0.6) is 34.5 Å². The van der Waals surface area contributed by atoms with Crippen molar-refractivity contribution in [2.75, 3.05) is 27.8 Å². The molecule has 0 N–H and O–H groups in total. The number of esters is 1. The number of methoxy groups -OCH3 is 2. The van der Waals surface area contributed by atoms with Gasteiger partial charge >= 0.3 is 5.97 Å². The van der Waals surface area contributed by atoms with Crippen molar-refractivity contribution >= 4 is 5.97 Å². The van der Waals surface area contributed by atoms with Gasteiger partial charge in [0.15, 0.2) is 29.1 Å². The predicted molar refractivity (Wildman–Crippen MR) is 124 cm³/mol. The van der Waals surface area contributed by atoms with Crippen LogP contribution in [-0.2, 0) is 15.9 Å². The number of epoxide rings is 1. The van der Waals surface area contributed by atoms with E-state index in [-0.39, 0.29) is 25.8 Å². The molecule has 1 fully saturated rings. The van der Waals surface area contributed by atoms with E-state index in [1.807, 2.05) is 18.2 Å². The van der Waals surface area contributed by atoms with Gasteiger partial charge < -0.3 is 37.9 Å². The van der Waals surface area contributed by atoms with Crippen molar-refractivity contribution in [2.24, 2.45) is 0 Å². The minimum atomic E-state index is -0.718. The van der Waals surface area contributed by atoms with Gasteiger partial charge in [0.2, 0.25) is 25.1 Å². The molecule has 3 aromatic rings. The molecule has 9 nitrogen and oxygen atoms in total. The van der Waals surface area contributed by atoms with Crippen LogP contribution in [0.25, 0.3) is 11.1 Å². The van der Waals surface area contributed by atoms with Crippen LogP contribution in [0.15, 0.2) is 42.5 Å². The molecule has 184 valence electrons. The normalized spacial score (nSPS) is 21.9. The van der Waals surface area contributed by atoms with Crippen LogP contribution in [0, 0.1) is 0 Å². The molecule has 0 amide bonds. The highest BCUT2D eigenvalue weighted by Crippen LogP contribution is 2.60. The number of ether oxygens (including phenoxy) is 8. The van der Waals surface area contributed by atoms with Crippen LogP contribution < -0.4 is 28.4 Å². The fourth-order valence-corrected chi connectivity index (χ4v) is 5.27. The van der Waals surface area contributed by atoms with Crippen molar-refractivity contribution in [2.45, 2.75) is 24.7 Å². The summed E-state index contributed by atoms with van der Waals surface area (Å²) in [5, 5.41) is 0. The minimum Gasteiger partial charge on any atom is -0.492 e. The van der Waals surface area contributed by atoms with Gasteiger partial charge in [0.05, 0.1) is 25.9 Å². The minimum absolute atomic E-state index is 0.0523. The average molecular weight is 490 g/mol. The van der Waals surface area contributed by atoms with Crippen molar-refractivity contribution in [1.82, 2.24) is 0 Å². The lowest BCUT2D eigenvalue weighted by atomic mass is 9.84. The summed E-state index contributed by atoms with van der Waals surface area (Å²) in [6, 6.07) is 12.7. The predicted octanol–water partition coefficient (Wildman–Crippen LogP) is 4.05. The Balaban J connectivity index is 1.48. The smallest absolute Gasteiger partial charge is 0.338 e. The van der Waals surface area contributed by atoms with E-state index in [4.69, 9.17) is 37.9 Å². The molecule has 3 heterocycles. The third kappa shape index (κ3) is 3.09. The summed E-state index contributed by atoms with van der Waals surface area (Å²) in [6.07, 6.45) is -0.661. The van der Waals surface area contributed by atoms with E-state index < -0.39 is 12.1 Å². The van der Waals surface area contributed by atoms with Gasteiger partial charge in [0.1, 0.15) is 6.10 Å². The van der Waals surface area contributed by atoms with E-state index >= 15 is 0 Å². The number of rotatable bonds is 4. The lowest BCUT2D eigenvalue weighted by Crippen LogP contribution is -2.21. The Morgan fingerprint density at radius 2 is 1.53 bits per heavy atom. The van der Waals surface area contributed by atoms with Gasteiger partial charge in [0.25, 0.3) is 0 Å². The third-order valence-electron chi connectivity index (χ3n) is 6.90. The summed E-state index contributed by atoms with van der Waals surface area (Å²) in [5.74, 6) is 2.61. The van der Waals surface area contributed by atoms with Crippen LogP contribution in [0.4, 0.5) is 0 Å². The van der Waals surface area contributed by atoms with E-state index in [0.29, 0.717) is 57.6 Å². The molecule has 0 radical (unpaired) electrons. The van der Waals surface area contributed by atoms with Crippen LogP contribution in [-0.4, -0.2) is 46.0 Å². The monoisotopic (exact) mass is 490 g/mol. The van der Waals surface area contributed by atoms with Gasteiger partial charge in [-0.05, 0) is 29.8 Å². The molecule has 3 aliphatic heterocycles. The fourth-order valence-electron chi connectivity index (χ4n) is 5.27. The molecule has 3 aromatic carbocycles. The maximum Gasteiger partial charge on any atom is 0.338 e. The van der Waals surface area contributed by atoms with Crippen molar-refractivity contribution in [3.05, 3.63) is 59.2 Å². The third-order valence-corrected chi connectivity index (χ3v) is 6.90. The van der Waals surface area contributed by atoms with Crippen molar-refractivity contribution in [1.29, 1.82) is 0 Å². The zero-order valence-electron chi connectivity index (χ0n) is 19.6. The van der Waals surface area contributed by atoms with Gasteiger partial charge in [-0.1, -0.05) is 18.2 Å². The first-order valence-electron chi connectivity index (χ1n) is 11.6. The van der Waals surface area contributed by atoms with Crippen LogP contribution in [0.1, 0.15) is 27.6 Å². The number of fused-ring (bicyclic) bond motifs is 6. The van der Waals surface area contributed by atoms with Crippen LogP contribution in [0.2, 0.25) is 0 Å². The first kappa shape index (κ1) is 21.2. The van der Waals surface area contributed by atoms with Crippen molar-refractivity contribution in [3.63, 3.8) is 0 Å². The standard InChI is InChI=1S/C27H22O9/c1-29-25-19-14(8-16-22(25)33-11-31-16)9-18-24(35-18)21(36-27(28)13-6-4-3-5-7-13)15-10-17-23(34-12-32-17)26(30-2)20(15)19/h3-8,10,18,21,24H,9,11-12H2,1-2H3/t18-,21+,24-/m0/s1. The number of hydrogen-bond donors (Lipinski definition) is 0. The maximum absolute atomic E-state index is 13.2. The van der Waals surface area contributed by atoms with E-state index in [0.717, 1.165) is 11.1 Å². The number of carbonyl (C=O) groups is 1. The van der Waals surface area contributed by atoms with Gasteiger partial charge in [0, 0.05) is 23.1 Å². The molecule has 4 aliphatic rings. The SMILES string of the molecule is COc1c2c(cc3c1-c1c(cc4c(c1OC)OCO4)[C@@H](OC(=O)c1ccccc1)[C@H]1O[C@H]1C3)OCO2. The molecule has 1 aliphatic carbocycles. The highest BCUT2D eigenvalue weighted by atomic mass is 16.7. The number of hydrogen-bond acceptors (Lipinski definition) is 9. The maximum atomic E-state index is 13.2. The molecule has 0 bridgehead atoms. The zero-order chi connectivity index (χ0) is 24.4. The van der Waals surface area contributed by atoms with E-state index in [1.54, 1.807) is 38.5 Å². The summed E-state index contributed by atoms with van der Waals surface area (Å²) in [7, 11) is 3.15. The second-order valence-electron chi connectivity index (χ2n) is 8.82. The lowest BCUT2D eigenvalue weighted by molar-refractivity contribution is 0.0224. The molecule has 3 atom stereocenters. The molecule has 9 heteroatoms. The average Bonchev–Trinajstić information content (AvgIpc) is 3.26. The second-order valence-corrected chi connectivity index (χ2v) is 8.82. The van der Waals surface area contributed by atoms with E-state index in [9.17, 15) is 4.79 Å². The summed E-state index contributed by atoms with van der Waals surface area (Å²) in [6.45, 7) is 0.149. The fraction of sp³-hybridized carbons (Fsp3) is 0.296. The highest BCUT2D eigenvalue weighted by molar-refractivity contribution is 5.91. The van der Waals surface area contributed by atoms with Crippen molar-refractivity contribution in [3.8, 4) is 45.6 Å². The molecule has 36 heavy (non-hydrogen) atoms. The Kier molecular flexibility index (Phi) is 4.69. The first-order valence-corrected chi connectivity index (χ1v) is 11.6. The van der Waals surface area contributed by atoms with E-state index in [1.165, 1.54) is 0 Å². The number of benzene rings is 3. The largest absolute Gasteiger partial charge is 0.492 e. The number of carbonyl (C=O) groups excluding carboxylic acids is 1. The Labute approximate surface area is 206 Å². The quantitative estimate of drug-likeness (QED) is 0.397. The molecular weight excluding hydrogens is 468 g/mol. The summed E-state index contributed by atoms with van der Waals surface area (Å²) < 4.78 is 46.9. The molecule has 0 saturated carbocycles. The molecule has 0 unspecified atom stereocenters. The topological polar surface area (TPSA) is 94.2 Å². The molecule has 1 saturated heterocycles. The van der Waals surface area contributed by atoms with Gasteiger partial charge in [-0.15, -0.1) is 0 Å². The molecule has 7 rings (SSSR count).